The number of methoxy groups -OCH3 is 1. The van der Waals surface area contributed by atoms with Gasteiger partial charge in [-0.15, -0.1) is 0 Å². The Morgan fingerprint density at radius 2 is 2.12 bits per heavy atom. The highest BCUT2D eigenvalue weighted by atomic mass is 16.5. The SMILES string of the molecule is CCCc1noc(-c2cc3n(n2)CC(c2ccc(OC)cc2)OC3)n1. The summed E-state index contributed by atoms with van der Waals surface area (Å²) in [6.45, 7) is 3.24. The lowest BCUT2D eigenvalue weighted by atomic mass is 10.1. The van der Waals surface area contributed by atoms with Crippen molar-refractivity contribution < 1.29 is 14.0 Å². The van der Waals surface area contributed by atoms with Crippen molar-refractivity contribution in [2.45, 2.75) is 39.0 Å². The van der Waals surface area contributed by atoms with Crippen LogP contribution < -0.4 is 4.74 Å². The number of rotatable bonds is 5. The number of aryl methyl sites for hydroxylation is 1. The first-order chi connectivity index (χ1) is 12.3. The predicted molar refractivity (Wildman–Crippen MR) is 90.0 cm³/mol. The van der Waals surface area contributed by atoms with Gasteiger partial charge in [0.25, 0.3) is 5.89 Å². The van der Waals surface area contributed by atoms with E-state index in [4.69, 9.17) is 14.0 Å². The lowest BCUT2D eigenvalue weighted by molar-refractivity contribution is -0.00115. The summed E-state index contributed by atoms with van der Waals surface area (Å²) < 4.78 is 18.5. The summed E-state index contributed by atoms with van der Waals surface area (Å²) in [4.78, 5) is 4.40. The minimum atomic E-state index is -0.0375. The molecule has 25 heavy (non-hydrogen) atoms. The van der Waals surface area contributed by atoms with Crippen LogP contribution >= 0.6 is 0 Å². The van der Waals surface area contributed by atoms with Crippen molar-refractivity contribution in [1.29, 1.82) is 0 Å². The molecule has 7 heteroatoms. The highest BCUT2D eigenvalue weighted by Crippen LogP contribution is 2.29. The fourth-order valence-corrected chi connectivity index (χ4v) is 2.93. The maximum atomic E-state index is 5.99. The zero-order valence-corrected chi connectivity index (χ0v) is 14.3. The molecule has 1 atom stereocenters. The van der Waals surface area contributed by atoms with E-state index in [1.165, 1.54) is 0 Å². The Kier molecular flexibility index (Phi) is 4.23. The van der Waals surface area contributed by atoms with Crippen molar-refractivity contribution in [1.82, 2.24) is 19.9 Å². The van der Waals surface area contributed by atoms with Crippen molar-refractivity contribution in [2.24, 2.45) is 0 Å². The van der Waals surface area contributed by atoms with E-state index in [2.05, 4.69) is 22.2 Å². The zero-order chi connectivity index (χ0) is 17.2. The predicted octanol–water partition coefficient (Wildman–Crippen LogP) is 3.17. The molecule has 0 fully saturated rings. The van der Waals surface area contributed by atoms with E-state index in [1.54, 1.807) is 7.11 Å². The Hall–Kier alpha value is -2.67. The molecule has 0 radical (unpaired) electrons. The number of benzene rings is 1. The summed E-state index contributed by atoms with van der Waals surface area (Å²) in [6, 6.07) is 9.88. The van der Waals surface area contributed by atoms with Crippen LogP contribution in [0.2, 0.25) is 0 Å². The second-order valence-electron chi connectivity index (χ2n) is 6.04. The summed E-state index contributed by atoms with van der Waals surface area (Å²) in [7, 11) is 1.66. The van der Waals surface area contributed by atoms with E-state index in [0.29, 0.717) is 24.7 Å². The Balaban J connectivity index is 1.53. The molecule has 0 N–H and O–H groups in total. The topological polar surface area (TPSA) is 75.2 Å². The molecule has 0 spiro atoms. The molecule has 3 aromatic rings. The molecule has 1 aromatic carbocycles. The highest BCUT2D eigenvalue weighted by molar-refractivity contribution is 5.47. The summed E-state index contributed by atoms with van der Waals surface area (Å²) in [5.74, 6) is 2.02. The molecular formula is C18H20N4O3. The van der Waals surface area contributed by atoms with Gasteiger partial charge in [0.05, 0.1) is 26.0 Å². The first-order valence-corrected chi connectivity index (χ1v) is 8.42. The third-order valence-electron chi connectivity index (χ3n) is 4.28. The molecule has 0 saturated carbocycles. The third kappa shape index (κ3) is 3.15. The molecule has 1 unspecified atom stereocenters. The van der Waals surface area contributed by atoms with E-state index < -0.39 is 0 Å². The lowest BCUT2D eigenvalue weighted by Crippen LogP contribution is -2.21. The van der Waals surface area contributed by atoms with Crippen molar-refractivity contribution >= 4 is 0 Å². The second-order valence-corrected chi connectivity index (χ2v) is 6.04. The summed E-state index contributed by atoms with van der Waals surface area (Å²) in [5, 5.41) is 8.61. The van der Waals surface area contributed by atoms with Crippen LogP contribution in [-0.2, 0) is 24.3 Å². The Morgan fingerprint density at radius 3 is 2.88 bits per heavy atom. The van der Waals surface area contributed by atoms with Gasteiger partial charge in [0.2, 0.25) is 0 Å². The molecule has 1 aliphatic heterocycles. The first kappa shape index (κ1) is 15.8. The molecule has 3 heterocycles. The Morgan fingerprint density at radius 1 is 1.28 bits per heavy atom. The normalized spacial score (nSPS) is 16.6. The molecule has 0 bridgehead atoms. The number of aromatic nitrogens is 4. The van der Waals surface area contributed by atoms with Gasteiger partial charge in [-0.2, -0.15) is 10.1 Å². The molecule has 1 aliphatic rings. The molecule has 0 amide bonds. The van der Waals surface area contributed by atoms with E-state index >= 15 is 0 Å². The largest absolute Gasteiger partial charge is 0.497 e. The number of hydrogen-bond acceptors (Lipinski definition) is 6. The maximum absolute atomic E-state index is 5.99. The number of hydrogen-bond donors (Lipinski definition) is 0. The lowest BCUT2D eigenvalue weighted by Gasteiger charge is -2.24. The molecule has 0 saturated heterocycles. The van der Waals surface area contributed by atoms with Gasteiger partial charge in [0, 0.05) is 6.42 Å². The van der Waals surface area contributed by atoms with E-state index in [1.807, 2.05) is 35.0 Å². The van der Waals surface area contributed by atoms with E-state index in [9.17, 15) is 0 Å². The molecular weight excluding hydrogens is 320 g/mol. The Bertz CT molecular complexity index is 854. The fraction of sp³-hybridized carbons (Fsp3) is 0.389. The van der Waals surface area contributed by atoms with Crippen LogP contribution in [0.15, 0.2) is 34.9 Å². The monoisotopic (exact) mass is 340 g/mol. The standard InChI is InChI=1S/C18H20N4O3/c1-3-4-17-19-18(25-21-17)15-9-13-11-24-16(10-22(13)20-15)12-5-7-14(23-2)8-6-12/h5-9,16H,3-4,10-11H2,1-2H3. The van der Waals surface area contributed by atoms with Gasteiger partial charge in [-0.25, -0.2) is 0 Å². The quantitative estimate of drug-likeness (QED) is 0.710. The van der Waals surface area contributed by atoms with Gasteiger partial charge in [0.15, 0.2) is 11.5 Å². The van der Waals surface area contributed by atoms with Gasteiger partial charge in [-0.3, -0.25) is 4.68 Å². The molecule has 7 nitrogen and oxygen atoms in total. The van der Waals surface area contributed by atoms with Crippen molar-refractivity contribution in [3.63, 3.8) is 0 Å². The zero-order valence-electron chi connectivity index (χ0n) is 14.3. The minimum Gasteiger partial charge on any atom is -0.497 e. The van der Waals surface area contributed by atoms with Crippen molar-refractivity contribution in [3.05, 3.63) is 47.4 Å². The summed E-state index contributed by atoms with van der Waals surface area (Å²) in [6.07, 6.45) is 1.75. The summed E-state index contributed by atoms with van der Waals surface area (Å²) >= 11 is 0. The van der Waals surface area contributed by atoms with Gasteiger partial charge >= 0.3 is 0 Å². The maximum Gasteiger partial charge on any atom is 0.278 e. The third-order valence-corrected chi connectivity index (χ3v) is 4.28. The van der Waals surface area contributed by atoms with Crippen molar-refractivity contribution in [3.8, 4) is 17.3 Å². The van der Waals surface area contributed by atoms with Crippen LogP contribution in [0, 0.1) is 0 Å². The van der Waals surface area contributed by atoms with Crippen LogP contribution in [0.3, 0.4) is 0 Å². The van der Waals surface area contributed by atoms with Gasteiger partial charge < -0.3 is 14.0 Å². The second kappa shape index (κ2) is 6.68. The first-order valence-electron chi connectivity index (χ1n) is 8.42. The van der Waals surface area contributed by atoms with Gasteiger partial charge in [-0.1, -0.05) is 24.2 Å². The van der Waals surface area contributed by atoms with Crippen LogP contribution in [0.5, 0.6) is 5.75 Å². The average Bonchev–Trinajstić information content (AvgIpc) is 3.28. The molecule has 130 valence electrons. The van der Waals surface area contributed by atoms with Crippen LogP contribution in [0.4, 0.5) is 0 Å². The van der Waals surface area contributed by atoms with Crippen LogP contribution in [0.25, 0.3) is 11.6 Å². The van der Waals surface area contributed by atoms with Gasteiger partial charge in [0.1, 0.15) is 11.9 Å². The number of ether oxygens (including phenoxy) is 2. The average molecular weight is 340 g/mol. The van der Waals surface area contributed by atoms with E-state index in [-0.39, 0.29) is 6.10 Å². The number of nitrogens with zero attached hydrogens (tertiary/aromatic N) is 4. The summed E-state index contributed by atoms with van der Waals surface area (Å²) in [5.41, 5.74) is 2.81. The van der Waals surface area contributed by atoms with Crippen LogP contribution in [0.1, 0.15) is 36.5 Å². The Labute approximate surface area is 145 Å². The molecule has 2 aromatic heterocycles. The highest BCUT2D eigenvalue weighted by Gasteiger charge is 2.24. The van der Waals surface area contributed by atoms with Crippen LogP contribution in [-0.4, -0.2) is 27.0 Å². The fourth-order valence-electron chi connectivity index (χ4n) is 2.93. The molecule has 0 aliphatic carbocycles. The molecule has 4 rings (SSSR count). The number of fused-ring (bicyclic) bond motifs is 1. The smallest absolute Gasteiger partial charge is 0.278 e. The van der Waals surface area contributed by atoms with Crippen molar-refractivity contribution in [2.75, 3.05) is 7.11 Å². The minimum absolute atomic E-state index is 0.0375. The van der Waals surface area contributed by atoms with Gasteiger partial charge in [-0.05, 0) is 30.2 Å². The van der Waals surface area contributed by atoms with E-state index in [0.717, 1.165) is 35.7 Å².